The summed E-state index contributed by atoms with van der Waals surface area (Å²) in [5, 5.41) is 11.8. The van der Waals surface area contributed by atoms with Gasteiger partial charge >= 0.3 is 0 Å². The summed E-state index contributed by atoms with van der Waals surface area (Å²) in [4.78, 5) is 1.56. The zero-order valence-corrected chi connectivity index (χ0v) is 17.1. The second-order valence-electron chi connectivity index (χ2n) is 7.50. The van der Waals surface area contributed by atoms with Crippen LogP contribution >= 0.6 is 0 Å². The van der Waals surface area contributed by atoms with Gasteiger partial charge in [0.2, 0.25) is 0 Å². The Bertz CT molecular complexity index is 958. The van der Waals surface area contributed by atoms with Gasteiger partial charge in [0, 0.05) is 17.3 Å². The highest BCUT2D eigenvalue weighted by Crippen LogP contribution is 2.25. The van der Waals surface area contributed by atoms with Crippen LogP contribution in [0.2, 0.25) is 0 Å². The Morgan fingerprint density at radius 2 is 1.90 bits per heavy atom. The number of ether oxygens (including phenoxy) is 1. The number of aromatic nitrogens is 2. The molecule has 0 spiro atoms. The Morgan fingerprint density at radius 1 is 1.10 bits per heavy atom. The summed E-state index contributed by atoms with van der Waals surface area (Å²) >= 11 is 0. The molecule has 1 aliphatic rings. The average molecular weight is 391 g/mol. The molecule has 0 saturated carbocycles. The van der Waals surface area contributed by atoms with Crippen molar-refractivity contribution in [3.8, 4) is 17.0 Å². The molecule has 6 nitrogen and oxygen atoms in total. The zero-order chi connectivity index (χ0) is 20.1. The van der Waals surface area contributed by atoms with Crippen LogP contribution < -0.4 is 9.64 Å². The number of nitrogens with zero attached hydrogens (tertiary/aromatic N) is 4. The molecule has 0 unspecified atom stereocenters. The van der Waals surface area contributed by atoms with E-state index >= 15 is 0 Å². The van der Waals surface area contributed by atoms with Gasteiger partial charge in [-0.25, -0.2) is 0 Å². The maximum absolute atomic E-state index is 5.41. The summed E-state index contributed by atoms with van der Waals surface area (Å²) in [6.45, 7) is 4.92. The second-order valence-corrected chi connectivity index (χ2v) is 7.50. The number of methoxy groups -OCH3 is 1. The fourth-order valence-electron chi connectivity index (χ4n) is 3.51. The first kappa shape index (κ1) is 19.2. The molecule has 0 aliphatic carbocycles. The Balaban J connectivity index is 1.63. The normalized spacial score (nSPS) is 15.2. The molecule has 29 heavy (non-hydrogen) atoms. The van der Waals surface area contributed by atoms with Gasteiger partial charge in [-0.15, -0.1) is 0 Å². The van der Waals surface area contributed by atoms with Crippen molar-refractivity contribution in [3.63, 3.8) is 0 Å². The third kappa shape index (κ3) is 4.84. The molecule has 1 N–H and O–H groups in total. The number of likely N-dealkylation sites (N-methyl/N-ethyl adjacent to an activating group) is 1. The van der Waals surface area contributed by atoms with Crippen LogP contribution in [-0.2, 0) is 6.54 Å². The zero-order valence-electron chi connectivity index (χ0n) is 17.1. The molecule has 1 aromatic heterocycles. The fourth-order valence-corrected chi connectivity index (χ4v) is 3.51. The van der Waals surface area contributed by atoms with Crippen molar-refractivity contribution < 1.29 is 9.64 Å². The van der Waals surface area contributed by atoms with Crippen molar-refractivity contribution in [1.82, 2.24) is 14.8 Å². The van der Waals surface area contributed by atoms with Crippen LogP contribution in [-0.4, -0.2) is 61.3 Å². The standard InChI is InChI=1S/C23H27N5O/c1-26-11-13-27(14-12-26)24-16-21-18-28(17-19-7-4-3-5-8-19)25-23(21)20-9-6-10-22(15-20)29-2/h3-10,15-16,18H,11-14,17H2,1-2H3/p+1/b24-16-. The molecule has 3 aromatic rings. The van der Waals surface area contributed by atoms with E-state index < -0.39 is 0 Å². The maximum Gasteiger partial charge on any atom is 0.119 e. The number of hydrogen-bond donors (Lipinski definition) is 1. The van der Waals surface area contributed by atoms with Gasteiger partial charge in [-0.2, -0.15) is 10.2 Å². The highest BCUT2D eigenvalue weighted by molar-refractivity contribution is 5.88. The molecule has 6 heteroatoms. The Morgan fingerprint density at radius 3 is 2.66 bits per heavy atom. The first-order valence-electron chi connectivity index (χ1n) is 10.1. The van der Waals surface area contributed by atoms with Gasteiger partial charge in [0.1, 0.15) is 11.4 Å². The highest BCUT2D eigenvalue weighted by Gasteiger charge is 2.15. The lowest BCUT2D eigenvalue weighted by Gasteiger charge is -2.27. The van der Waals surface area contributed by atoms with Crippen molar-refractivity contribution in [2.45, 2.75) is 6.54 Å². The SMILES string of the molecule is COc1cccc(-c2nn(Cc3ccccc3)cc2/C=N\N2CC[NH+](C)CC2)c1. The van der Waals surface area contributed by atoms with Gasteiger partial charge in [-0.05, 0) is 17.7 Å². The number of hydrogen-bond acceptors (Lipinski definition) is 4. The fraction of sp³-hybridized carbons (Fsp3) is 0.304. The van der Waals surface area contributed by atoms with Crippen LogP contribution in [0.4, 0.5) is 0 Å². The van der Waals surface area contributed by atoms with Gasteiger partial charge in [0.25, 0.3) is 0 Å². The van der Waals surface area contributed by atoms with E-state index in [0.717, 1.165) is 55.3 Å². The average Bonchev–Trinajstić information content (AvgIpc) is 3.16. The van der Waals surface area contributed by atoms with E-state index in [2.05, 4.69) is 48.6 Å². The van der Waals surface area contributed by atoms with E-state index in [4.69, 9.17) is 14.9 Å². The minimum absolute atomic E-state index is 0.726. The van der Waals surface area contributed by atoms with Crippen molar-refractivity contribution >= 4 is 6.21 Å². The Hall–Kier alpha value is -3.12. The maximum atomic E-state index is 5.41. The third-order valence-electron chi connectivity index (χ3n) is 5.27. The minimum Gasteiger partial charge on any atom is -0.497 e. The summed E-state index contributed by atoms with van der Waals surface area (Å²) in [5.41, 5.74) is 4.18. The van der Waals surface area contributed by atoms with Crippen molar-refractivity contribution in [2.24, 2.45) is 5.10 Å². The van der Waals surface area contributed by atoms with Crippen LogP contribution in [0.15, 0.2) is 65.9 Å². The van der Waals surface area contributed by atoms with E-state index in [9.17, 15) is 0 Å². The number of quaternary nitrogens is 1. The summed E-state index contributed by atoms with van der Waals surface area (Å²) < 4.78 is 7.39. The molecular formula is C23H28N5O+. The molecule has 1 saturated heterocycles. The van der Waals surface area contributed by atoms with Crippen LogP contribution in [0, 0.1) is 0 Å². The van der Waals surface area contributed by atoms with Crippen molar-refractivity contribution in [1.29, 1.82) is 0 Å². The summed E-state index contributed by atoms with van der Waals surface area (Å²) in [7, 11) is 3.92. The Labute approximate surface area is 172 Å². The first-order valence-corrected chi connectivity index (χ1v) is 10.1. The molecule has 1 fully saturated rings. The van der Waals surface area contributed by atoms with E-state index in [-0.39, 0.29) is 0 Å². The van der Waals surface area contributed by atoms with Crippen LogP contribution in [0.1, 0.15) is 11.1 Å². The molecule has 0 amide bonds. The van der Waals surface area contributed by atoms with Crippen LogP contribution in [0.25, 0.3) is 11.3 Å². The number of rotatable bonds is 6. The monoisotopic (exact) mass is 390 g/mol. The van der Waals surface area contributed by atoms with Crippen molar-refractivity contribution in [3.05, 3.63) is 71.9 Å². The topological polar surface area (TPSA) is 47.1 Å². The highest BCUT2D eigenvalue weighted by atomic mass is 16.5. The summed E-state index contributed by atoms with van der Waals surface area (Å²) in [5.74, 6) is 0.824. The number of hydrazone groups is 1. The lowest BCUT2D eigenvalue weighted by atomic mass is 10.1. The molecule has 2 aromatic carbocycles. The Kier molecular flexibility index (Phi) is 5.91. The van der Waals surface area contributed by atoms with Gasteiger partial charge in [0.05, 0.1) is 53.1 Å². The number of piperazine rings is 1. The molecule has 1 aliphatic heterocycles. The van der Waals surface area contributed by atoms with Crippen LogP contribution in [0.3, 0.4) is 0 Å². The number of benzene rings is 2. The van der Waals surface area contributed by atoms with Crippen molar-refractivity contribution in [2.75, 3.05) is 40.3 Å². The van der Waals surface area contributed by atoms with Gasteiger partial charge in [0.15, 0.2) is 0 Å². The summed E-state index contributed by atoms with van der Waals surface area (Å²) in [6.07, 6.45) is 4.02. The lowest BCUT2D eigenvalue weighted by Crippen LogP contribution is -3.11. The molecule has 4 rings (SSSR count). The predicted molar refractivity (Wildman–Crippen MR) is 116 cm³/mol. The molecule has 0 atom stereocenters. The third-order valence-corrected chi connectivity index (χ3v) is 5.27. The van der Waals surface area contributed by atoms with Crippen LogP contribution in [0.5, 0.6) is 5.75 Å². The molecule has 0 radical (unpaired) electrons. The van der Waals surface area contributed by atoms with Gasteiger partial charge in [-0.3, -0.25) is 9.69 Å². The van der Waals surface area contributed by atoms with E-state index in [1.54, 1.807) is 12.0 Å². The van der Waals surface area contributed by atoms with E-state index in [1.165, 1.54) is 5.56 Å². The number of nitrogens with one attached hydrogen (secondary N) is 1. The molecule has 2 heterocycles. The minimum atomic E-state index is 0.726. The largest absolute Gasteiger partial charge is 0.497 e. The molecular weight excluding hydrogens is 362 g/mol. The quantitative estimate of drug-likeness (QED) is 0.653. The molecule has 0 bridgehead atoms. The lowest BCUT2D eigenvalue weighted by molar-refractivity contribution is -0.884. The smallest absolute Gasteiger partial charge is 0.119 e. The molecule has 150 valence electrons. The van der Waals surface area contributed by atoms with E-state index in [1.807, 2.05) is 35.2 Å². The van der Waals surface area contributed by atoms with E-state index in [0.29, 0.717) is 0 Å². The summed E-state index contributed by atoms with van der Waals surface area (Å²) in [6, 6.07) is 18.4. The second kappa shape index (κ2) is 8.92. The first-order chi connectivity index (χ1) is 14.2. The van der Waals surface area contributed by atoms with Gasteiger partial charge < -0.3 is 9.64 Å². The predicted octanol–water partition coefficient (Wildman–Crippen LogP) is 1.77. The van der Waals surface area contributed by atoms with Gasteiger partial charge in [-0.1, -0.05) is 42.5 Å².